The van der Waals surface area contributed by atoms with Crippen molar-refractivity contribution in [3.8, 4) is 0 Å². The average Bonchev–Trinajstić information content (AvgIpc) is 3.16. The number of para-hydroxylation sites is 1. The Hall–Kier alpha value is -2.53. The molecule has 3 aromatic rings. The first-order valence-corrected chi connectivity index (χ1v) is 7.12. The second-order valence-electron chi connectivity index (χ2n) is 5.35. The first kappa shape index (κ1) is 14.4. The van der Waals surface area contributed by atoms with E-state index in [1.807, 2.05) is 55.4 Å². The number of carbonyl (C=O) groups excluding carboxylic acids is 1. The highest BCUT2D eigenvalue weighted by atomic mass is 16.3. The summed E-state index contributed by atoms with van der Waals surface area (Å²) >= 11 is 0. The number of nitrogens with zero attached hydrogens (tertiary/aromatic N) is 1. The van der Waals surface area contributed by atoms with Crippen LogP contribution in [0.25, 0.3) is 11.0 Å². The number of hydrogen-bond acceptors (Lipinski definition) is 4. The first-order chi connectivity index (χ1) is 10.6. The third-order valence-corrected chi connectivity index (χ3v) is 3.60. The van der Waals surface area contributed by atoms with Gasteiger partial charge in [-0.2, -0.15) is 0 Å². The number of fused-ring (bicyclic) bond motifs is 1. The zero-order valence-corrected chi connectivity index (χ0v) is 12.6. The van der Waals surface area contributed by atoms with Crippen molar-refractivity contribution in [3.63, 3.8) is 0 Å². The fourth-order valence-electron chi connectivity index (χ4n) is 2.39. The van der Waals surface area contributed by atoms with Crippen molar-refractivity contribution in [2.75, 3.05) is 20.6 Å². The van der Waals surface area contributed by atoms with Crippen LogP contribution >= 0.6 is 0 Å². The van der Waals surface area contributed by atoms with E-state index in [2.05, 4.69) is 5.32 Å². The lowest BCUT2D eigenvalue weighted by Crippen LogP contribution is -2.34. The van der Waals surface area contributed by atoms with E-state index in [0.717, 1.165) is 11.1 Å². The summed E-state index contributed by atoms with van der Waals surface area (Å²) in [5.41, 5.74) is 0.711. The zero-order chi connectivity index (χ0) is 15.5. The maximum Gasteiger partial charge on any atom is 0.287 e. The highest BCUT2D eigenvalue weighted by molar-refractivity contribution is 5.96. The molecule has 0 unspecified atom stereocenters. The van der Waals surface area contributed by atoms with Gasteiger partial charge in [0.1, 0.15) is 11.3 Å². The first-order valence-electron chi connectivity index (χ1n) is 7.12. The van der Waals surface area contributed by atoms with Crippen molar-refractivity contribution in [3.05, 3.63) is 60.2 Å². The molecule has 2 heterocycles. The van der Waals surface area contributed by atoms with Crippen LogP contribution in [0.1, 0.15) is 22.4 Å². The fourth-order valence-corrected chi connectivity index (χ4v) is 2.39. The SMILES string of the molecule is CN(C)[C@H](CNC(=O)c1cc2ccccc2o1)c1ccco1. The largest absolute Gasteiger partial charge is 0.468 e. The van der Waals surface area contributed by atoms with E-state index < -0.39 is 0 Å². The van der Waals surface area contributed by atoms with Crippen LogP contribution in [0.15, 0.2) is 57.6 Å². The molecular formula is C17H18N2O3. The van der Waals surface area contributed by atoms with Crippen LogP contribution in [0.2, 0.25) is 0 Å². The number of carbonyl (C=O) groups is 1. The Bertz CT molecular complexity index is 726. The van der Waals surface area contributed by atoms with Crippen LogP contribution in [0.3, 0.4) is 0 Å². The smallest absolute Gasteiger partial charge is 0.287 e. The van der Waals surface area contributed by atoms with Crippen molar-refractivity contribution in [2.24, 2.45) is 0 Å². The Kier molecular flexibility index (Phi) is 3.98. The summed E-state index contributed by atoms with van der Waals surface area (Å²) in [7, 11) is 3.89. The molecule has 0 aliphatic heterocycles. The summed E-state index contributed by atoms with van der Waals surface area (Å²) in [6, 6.07) is 13.0. The fraction of sp³-hybridized carbons (Fsp3) is 0.235. The highest BCUT2D eigenvalue weighted by Gasteiger charge is 2.19. The van der Waals surface area contributed by atoms with Gasteiger partial charge >= 0.3 is 0 Å². The Balaban J connectivity index is 1.71. The molecule has 2 aromatic heterocycles. The van der Waals surface area contributed by atoms with Gasteiger partial charge in [0, 0.05) is 11.9 Å². The topological polar surface area (TPSA) is 58.6 Å². The van der Waals surface area contributed by atoms with Crippen LogP contribution in [0.4, 0.5) is 0 Å². The average molecular weight is 298 g/mol. The normalized spacial score (nSPS) is 12.7. The van der Waals surface area contributed by atoms with Gasteiger partial charge in [-0.1, -0.05) is 18.2 Å². The summed E-state index contributed by atoms with van der Waals surface area (Å²) in [6.45, 7) is 0.441. The standard InChI is InChI=1S/C17H18N2O3/c1-19(2)13(15-8-5-9-21-15)11-18-17(20)16-10-12-6-3-4-7-14(12)22-16/h3-10,13H,11H2,1-2H3,(H,18,20)/t13-/m1/s1. The number of furan rings is 2. The van der Waals surface area contributed by atoms with Gasteiger partial charge in [-0.15, -0.1) is 0 Å². The van der Waals surface area contributed by atoms with Crippen LogP contribution in [-0.2, 0) is 0 Å². The van der Waals surface area contributed by atoms with E-state index in [9.17, 15) is 4.79 Å². The molecule has 1 amide bonds. The minimum atomic E-state index is -0.227. The molecule has 5 nitrogen and oxygen atoms in total. The zero-order valence-electron chi connectivity index (χ0n) is 12.6. The van der Waals surface area contributed by atoms with Gasteiger partial charge in [-0.05, 0) is 38.4 Å². The third kappa shape index (κ3) is 2.89. The van der Waals surface area contributed by atoms with Crippen LogP contribution in [0, 0.1) is 0 Å². The molecule has 5 heteroatoms. The maximum atomic E-state index is 12.3. The van der Waals surface area contributed by atoms with E-state index in [1.54, 1.807) is 12.3 Å². The quantitative estimate of drug-likeness (QED) is 0.786. The summed E-state index contributed by atoms with van der Waals surface area (Å²) in [4.78, 5) is 14.3. The molecule has 1 aromatic carbocycles. The van der Waals surface area contributed by atoms with Crippen molar-refractivity contribution < 1.29 is 13.6 Å². The van der Waals surface area contributed by atoms with Gasteiger partial charge < -0.3 is 14.2 Å². The molecule has 0 saturated heterocycles. The van der Waals surface area contributed by atoms with E-state index >= 15 is 0 Å². The van der Waals surface area contributed by atoms with E-state index in [4.69, 9.17) is 8.83 Å². The Morgan fingerprint density at radius 1 is 1.23 bits per heavy atom. The molecule has 1 N–H and O–H groups in total. The van der Waals surface area contributed by atoms with E-state index in [-0.39, 0.29) is 11.9 Å². The van der Waals surface area contributed by atoms with Gasteiger partial charge in [-0.25, -0.2) is 0 Å². The molecule has 3 rings (SSSR count). The molecule has 0 aliphatic carbocycles. The predicted octanol–water partition coefficient (Wildman–Crippen LogP) is 3.06. The van der Waals surface area contributed by atoms with E-state index in [1.165, 1.54) is 0 Å². The number of rotatable bonds is 5. The highest BCUT2D eigenvalue weighted by Crippen LogP contribution is 2.20. The lowest BCUT2D eigenvalue weighted by atomic mass is 10.2. The van der Waals surface area contributed by atoms with Gasteiger partial charge in [0.25, 0.3) is 5.91 Å². The molecule has 1 atom stereocenters. The van der Waals surface area contributed by atoms with E-state index in [0.29, 0.717) is 17.9 Å². The number of likely N-dealkylation sites (N-methyl/N-ethyl adjacent to an activating group) is 1. The second-order valence-corrected chi connectivity index (χ2v) is 5.35. The molecule has 0 aliphatic rings. The van der Waals surface area contributed by atoms with Gasteiger partial charge in [-0.3, -0.25) is 9.69 Å². The minimum Gasteiger partial charge on any atom is -0.468 e. The lowest BCUT2D eigenvalue weighted by molar-refractivity contribution is 0.0913. The number of amides is 1. The van der Waals surface area contributed by atoms with Gasteiger partial charge in [0.2, 0.25) is 0 Å². The van der Waals surface area contributed by atoms with Crippen molar-refractivity contribution >= 4 is 16.9 Å². The van der Waals surface area contributed by atoms with Crippen LogP contribution in [-0.4, -0.2) is 31.4 Å². The molecule has 22 heavy (non-hydrogen) atoms. The monoisotopic (exact) mass is 298 g/mol. The van der Waals surface area contributed by atoms with Crippen molar-refractivity contribution in [1.29, 1.82) is 0 Å². The minimum absolute atomic E-state index is 0.0247. The second kappa shape index (κ2) is 6.07. The molecule has 0 fully saturated rings. The molecule has 0 spiro atoms. The van der Waals surface area contributed by atoms with Gasteiger partial charge in [0.05, 0.1) is 12.3 Å². The molecule has 0 radical (unpaired) electrons. The van der Waals surface area contributed by atoms with Crippen molar-refractivity contribution in [2.45, 2.75) is 6.04 Å². The molecular weight excluding hydrogens is 280 g/mol. The summed E-state index contributed by atoms with van der Waals surface area (Å²) in [5, 5.41) is 3.81. The maximum absolute atomic E-state index is 12.3. The number of nitrogens with one attached hydrogen (secondary N) is 1. The lowest BCUT2D eigenvalue weighted by Gasteiger charge is -2.22. The summed E-state index contributed by atoms with van der Waals surface area (Å²) < 4.78 is 11.0. The molecule has 114 valence electrons. The Morgan fingerprint density at radius 3 is 2.73 bits per heavy atom. The van der Waals surface area contributed by atoms with Crippen molar-refractivity contribution in [1.82, 2.24) is 10.2 Å². The number of hydrogen-bond donors (Lipinski definition) is 1. The Morgan fingerprint density at radius 2 is 2.05 bits per heavy atom. The van der Waals surface area contributed by atoms with Gasteiger partial charge in [0.15, 0.2) is 5.76 Å². The predicted molar refractivity (Wildman–Crippen MR) is 83.7 cm³/mol. The molecule has 0 bridgehead atoms. The summed E-state index contributed by atoms with van der Waals surface area (Å²) in [5.74, 6) is 0.905. The Labute approximate surface area is 128 Å². The van der Waals surface area contributed by atoms with Crippen LogP contribution in [0.5, 0.6) is 0 Å². The number of benzene rings is 1. The van der Waals surface area contributed by atoms with Crippen LogP contribution < -0.4 is 5.32 Å². The molecule has 0 saturated carbocycles. The third-order valence-electron chi connectivity index (χ3n) is 3.60. The summed E-state index contributed by atoms with van der Waals surface area (Å²) in [6.07, 6.45) is 1.63.